The zero-order valence-corrected chi connectivity index (χ0v) is 12.3. The number of hydrogen-bond acceptors (Lipinski definition) is 5. The Morgan fingerprint density at radius 3 is 2.74 bits per heavy atom. The Bertz CT molecular complexity index is 352. The zero-order valence-electron chi connectivity index (χ0n) is 12.3. The quantitative estimate of drug-likeness (QED) is 0.717. The van der Waals surface area contributed by atoms with E-state index in [2.05, 4.69) is 24.3 Å². The van der Waals surface area contributed by atoms with Gasteiger partial charge in [0.1, 0.15) is 5.76 Å². The maximum absolute atomic E-state index is 9.78. The van der Waals surface area contributed by atoms with E-state index in [1.165, 1.54) is 0 Å². The van der Waals surface area contributed by atoms with Crippen molar-refractivity contribution in [3.05, 3.63) is 17.5 Å². The van der Waals surface area contributed by atoms with Crippen LogP contribution in [0.5, 0.6) is 0 Å². The number of nitrogens with zero attached hydrogens (tertiary/aromatic N) is 1. The first-order valence-electron chi connectivity index (χ1n) is 6.90. The Hall–Kier alpha value is -0.910. The van der Waals surface area contributed by atoms with Gasteiger partial charge in [-0.15, -0.1) is 0 Å². The van der Waals surface area contributed by atoms with Gasteiger partial charge >= 0.3 is 0 Å². The summed E-state index contributed by atoms with van der Waals surface area (Å²) >= 11 is 0. The molecule has 5 heteroatoms. The van der Waals surface area contributed by atoms with Crippen LogP contribution in [0.25, 0.3) is 0 Å². The van der Waals surface area contributed by atoms with Gasteiger partial charge in [0, 0.05) is 19.2 Å². The SMILES string of the molecule is Cc1cc(CNCC(O)COC(C)CC(C)C)no1. The Kier molecular flexibility index (Phi) is 7.05. The monoisotopic (exact) mass is 270 g/mol. The Morgan fingerprint density at radius 1 is 1.42 bits per heavy atom. The lowest BCUT2D eigenvalue weighted by Gasteiger charge is -2.18. The predicted octanol–water partition coefficient (Wildman–Crippen LogP) is 1.88. The maximum atomic E-state index is 9.78. The van der Waals surface area contributed by atoms with Crippen LogP contribution in [0.3, 0.4) is 0 Å². The summed E-state index contributed by atoms with van der Waals surface area (Å²) in [4.78, 5) is 0. The molecular formula is C14H26N2O3. The van der Waals surface area contributed by atoms with E-state index in [1.54, 1.807) is 0 Å². The molecular weight excluding hydrogens is 244 g/mol. The summed E-state index contributed by atoms with van der Waals surface area (Å²) in [5.74, 6) is 1.41. The second kappa shape index (κ2) is 8.30. The van der Waals surface area contributed by atoms with Crippen molar-refractivity contribution in [1.29, 1.82) is 0 Å². The second-order valence-electron chi connectivity index (χ2n) is 5.49. The van der Waals surface area contributed by atoms with Crippen LogP contribution >= 0.6 is 0 Å². The third kappa shape index (κ3) is 7.30. The van der Waals surface area contributed by atoms with Gasteiger partial charge in [-0.2, -0.15) is 0 Å². The molecule has 19 heavy (non-hydrogen) atoms. The highest BCUT2D eigenvalue weighted by Gasteiger charge is 2.09. The molecule has 0 bridgehead atoms. The van der Waals surface area contributed by atoms with E-state index in [0.717, 1.165) is 17.9 Å². The summed E-state index contributed by atoms with van der Waals surface area (Å²) in [6, 6.07) is 1.88. The van der Waals surface area contributed by atoms with Crippen molar-refractivity contribution in [2.24, 2.45) is 5.92 Å². The number of nitrogens with one attached hydrogen (secondary N) is 1. The Morgan fingerprint density at radius 2 is 2.16 bits per heavy atom. The maximum Gasteiger partial charge on any atom is 0.133 e. The number of aryl methyl sites for hydroxylation is 1. The number of rotatable bonds is 9. The van der Waals surface area contributed by atoms with Crippen molar-refractivity contribution < 1.29 is 14.4 Å². The number of aliphatic hydroxyl groups is 1. The molecule has 0 spiro atoms. The molecule has 1 heterocycles. The summed E-state index contributed by atoms with van der Waals surface area (Å²) in [5.41, 5.74) is 0.846. The molecule has 0 fully saturated rings. The summed E-state index contributed by atoms with van der Waals surface area (Å²) in [6.45, 7) is 9.66. The van der Waals surface area contributed by atoms with Gasteiger partial charge in [-0.1, -0.05) is 19.0 Å². The van der Waals surface area contributed by atoms with Crippen molar-refractivity contribution in [2.75, 3.05) is 13.2 Å². The van der Waals surface area contributed by atoms with E-state index in [1.807, 2.05) is 19.9 Å². The van der Waals surface area contributed by atoms with E-state index in [0.29, 0.717) is 25.6 Å². The van der Waals surface area contributed by atoms with Gasteiger partial charge in [0.25, 0.3) is 0 Å². The number of ether oxygens (including phenoxy) is 1. The van der Waals surface area contributed by atoms with Gasteiger partial charge in [0.15, 0.2) is 0 Å². The van der Waals surface area contributed by atoms with Crippen LogP contribution in [0, 0.1) is 12.8 Å². The first-order chi connectivity index (χ1) is 8.97. The lowest BCUT2D eigenvalue weighted by atomic mass is 10.1. The molecule has 0 saturated carbocycles. The van der Waals surface area contributed by atoms with Crippen LogP contribution in [0.4, 0.5) is 0 Å². The molecule has 1 aromatic heterocycles. The van der Waals surface area contributed by atoms with Crippen molar-refractivity contribution in [1.82, 2.24) is 10.5 Å². The van der Waals surface area contributed by atoms with Crippen LogP contribution in [-0.2, 0) is 11.3 Å². The summed E-state index contributed by atoms with van der Waals surface area (Å²) < 4.78 is 10.6. The number of aliphatic hydroxyl groups excluding tert-OH is 1. The first-order valence-corrected chi connectivity index (χ1v) is 6.90. The highest BCUT2D eigenvalue weighted by Crippen LogP contribution is 2.07. The van der Waals surface area contributed by atoms with E-state index in [9.17, 15) is 5.11 Å². The third-order valence-corrected chi connectivity index (χ3v) is 2.74. The Labute approximate surface area is 115 Å². The normalized spacial score (nSPS) is 14.8. The standard InChI is InChI=1S/C14H26N2O3/c1-10(2)5-11(3)18-9-14(17)8-15-7-13-6-12(4)19-16-13/h6,10-11,14-15,17H,5,7-9H2,1-4H3. The fourth-order valence-corrected chi connectivity index (χ4v) is 1.93. The van der Waals surface area contributed by atoms with Gasteiger partial charge in [0.2, 0.25) is 0 Å². The fourth-order valence-electron chi connectivity index (χ4n) is 1.93. The van der Waals surface area contributed by atoms with Crippen LogP contribution < -0.4 is 5.32 Å². The minimum atomic E-state index is -0.498. The summed E-state index contributed by atoms with van der Waals surface area (Å²) in [7, 11) is 0. The molecule has 0 aliphatic heterocycles. The molecule has 0 amide bonds. The first kappa shape index (κ1) is 16.1. The van der Waals surface area contributed by atoms with Gasteiger partial charge in [-0.25, -0.2) is 0 Å². The molecule has 1 aromatic rings. The minimum absolute atomic E-state index is 0.188. The van der Waals surface area contributed by atoms with Crippen molar-refractivity contribution >= 4 is 0 Å². The molecule has 1 rings (SSSR count). The van der Waals surface area contributed by atoms with Crippen LogP contribution in [0.1, 0.15) is 38.6 Å². The van der Waals surface area contributed by atoms with E-state index in [4.69, 9.17) is 9.26 Å². The lowest BCUT2D eigenvalue weighted by Crippen LogP contribution is -2.31. The van der Waals surface area contributed by atoms with Crippen molar-refractivity contribution in [3.8, 4) is 0 Å². The van der Waals surface area contributed by atoms with Crippen molar-refractivity contribution in [2.45, 2.75) is 52.9 Å². The molecule has 110 valence electrons. The largest absolute Gasteiger partial charge is 0.389 e. The molecule has 0 saturated heterocycles. The average molecular weight is 270 g/mol. The van der Waals surface area contributed by atoms with Gasteiger partial charge in [0.05, 0.1) is 24.5 Å². The molecule has 0 radical (unpaired) electrons. The molecule has 2 atom stereocenters. The number of hydrogen-bond donors (Lipinski definition) is 2. The molecule has 5 nitrogen and oxygen atoms in total. The Balaban J connectivity index is 2.09. The topological polar surface area (TPSA) is 67.5 Å². The average Bonchev–Trinajstić information content (AvgIpc) is 2.71. The van der Waals surface area contributed by atoms with Gasteiger partial charge in [-0.3, -0.25) is 0 Å². The highest BCUT2D eigenvalue weighted by molar-refractivity contribution is 5.02. The van der Waals surface area contributed by atoms with E-state index < -0.39 is 6.10 Å². The molecule has 0 aliphatic carbocycles. The zero-order chi connectivity index (χ0) is 14.3. The van der Waals surface area contributed by atoms with Crippen LogP contribution in [0.15, 0.2) is 10.6 Å². The van der Waals surface area contributed by atoms with Crippen molar-refractivity contribution in [3.63, 3.8) is 0 Å². The number of aromatic nitrogens is 1. The van der Waals surface area contributed by atoms with Crippen LogP contribution in [0.2, 0.25) is 0 Å². The highest BCUT2D eigenvalue weighted by atomic mass is 16.5. The predicted molar refractivity (Wildman–Crippen MR) is 73.8 cm³/mol. The summed E-state index contributed by atoms with van der Waals surface area (Å²) in [6.07, 6.45) is 0.702. The molecule has 2 unspecified atom stereocenters. The third-order valence-electron chi connectivity index (χ3n) is 2.74. The summed E-state index contributed by atoms with van der Waals surface area (Å²) in [5, 5.41) is 16.8. The molecule has 2 N–H and O–H groups in total. The lowest BCUT2D eigenvalue weighted by molar-refractivity contribution is -0.00860. The van der Waals surface area contributed by atoms with Gasteiger partial charge < -0.3 is 19.7 Å². The van der Waals surface area contributed by atoms with Crippen LogP contribution in [-0.4, -0.2) is 35.6 Å². The second-order valence-corrected chi connectivity index (χ2v) is 5.49. The van der Waals surface area contributed by atoms with E-state index >= 15 is 0 Å². The minimum Gasteiger partial charge on any atom is -0.389 e. The fraction of sp³-hybridized carbons (Fsp3) is 0.786. The molecule has 0 aromatic carbocycles. The van der Waals surface area contributed by atoms with E-state index in [-0.39, 0.29) is 6.10 Å². The smallest absolute Gasteiger partial charge is 0.133 e. The molecule has 0 aliphatic rings. The van der Waals surface area contributed by atoms with Gasteiger partial charge in [-0.05, 0) is 26.2 Å².